The van der Waals surface area contributed by atoms with E-state index in [4.69, 9.17) is 5.73 Å². The predicted molar refractivity (Wildman–Crippen MR) is 122 cm³/mol. The fourth-order valence-electron chi connectivity index (χ4n) is 3.21. The lowest BCUT2D eigenvalue weighted by Crippen LogP contribution is -2.08. The molecule has 0 aliphatic rings. The molecule has 0 aliphatic heterocycles. The first-order valence-electron chi connectivity index (χ1n) is 9.73. The number of halogens is 1. The number of imidazole rings is 1. The van der Waals surface area contributed by atoms with Crippen LogP contribution in [0.25, 0.3) is 22.3 Å². The fourth-order valence-corrected chi connectivity index (χ4v) is 3.68. The number of unbranched alkanes of at least 4 members (excludes halogenated alkanes) is 1. The minimum Gasteiger partial charge on any atom is -0.382 e. The fraction of sp³-hybridized carbons (Fsp3) is 0.227. The molecule has 0 bridgehead atoms. The van der Waals surface area contributed by atoms with Gasteiger partial charge in [-0.3, -0.25) is 4.57 Å². The smallest absolute Gasteiger partial charge is 0.226 e. The quantitative estimate of drug-likeness (QED) is 0.302. The van der Waals surface area contributed by atoms with Crippen LogP contribution in [0.5, 0.6) is 0 Å². The summed E-state index contributed by atoms with van der Waals surface area (Å²) in [4.78, 5) is 13.5. The Hall–Kier alpha value is -2.93. The number of hydrogen-bond acceptors (Lipinski definition) is 5. The number of rotatable bonds is 7. The number of nitrogens with one attached hydrogen (secondary N) is 1. The minimum absolute atomic E-state index is 0.382. The molecule has 0 aliphatic carbocycles. The molecule has 6 nitrogen and oxygen atoms in total. The van der Waals surface area contributed by atoms with Crippen molar-refractivity contribution in [3.63, 3.8) is 0 Å². The van der Waals surface area contributed by atoms with E-state index >= 15 is 0 Å². The Bertz CT molecular complexity index is 1110. The van der Waals surface area contributed by atoms with Crippen molar-refractivity contribution in [3.05, 3.63) is 64.9 Å². The maximum Gasteiger partial charge on any atom is 0.226 e. The first-order valence-corrected chi connectivity index (χ1v) is 10.5. The van der Waals surface area contributed by atoms with Crippen LogP contribution < -0.4 is 11.1 Å². The normalized spacial score (nSPS) is 11.1. The molecule has 2 aromatic heterocycles. The van der Waals surface area contributed by atoms with Gasteiger partial charge in [0.15, 0.2) is 21.7 Å². The Morgan fingerprint density at radius 2 is 1.69 bits per heavy atom. The first kappa shape index (κ1) is 19.4. The van der Waals surface area contributed by atoms with Crippen LogP contribution in [0.1, 0.15) is 25.3 Å². The zero-order valence-electron chi connectivity index (χ0n) is 16.3. The van der Waals surface area contributed by atoms with Crippen LogP contribution in [0.15, 0.2) is 59.3 Å². The van der Waals surface area contributed by atoms with Gasteiger partial charge in [-0.1, -0.05) is 67.9 Å². The third-order valence-electron chi connectivity index (χ3n) is 4.79. The number of anilines is 2. The van der Waals surface area contributed by atoms with Gasteiger partial charge in [-0.15, -0.1) is 0 Å². The lowest BCUT2D eigenvalue weighted by Gasteiger charge is -2.09. The van der Waals surface area contributed by atoms with E-state index in [9.17, 15) is 0 Å². The summed E-state index contributed by atoms with van der Waals surface area (Å²) in [5.41, 5.74) is 11.0. The topological polar surface area (TPSA) is 81.6 Å². The SMILES string of the molecule is CCCCNc1nc(N)c2nc(Br)n(Cc3ccc(-c4ccccc4)cc3)c2n1. The molecule has 2 heterocycles. The monoisotopic (exact) mass is 450 g/mol. The summed E-state index contributed by atoms with van der Waals surface area (Å²) < 4.78 is 2.70. The molecule has 0 atom stereocenters. The van der Waals surface area contributed by atoms with E-state index in [1.54, 1.807) is 0 Å². The van der Waals surface area contributed by atoms with E-state index in [2.05, 4.69) is 79.5 Å². The van der Waals surface area contributed by atoms with Crippen molar-refractivity contribution in [1.29, 1.82) is 0 Å². The summed E-state index contributed by atoms with van der Waals surface area (Å²) in [7, 11) is 0. The van der Waals surface area contributed by atoms with Crippen LogP contribution in [0.3, 0.4) is 0 Å². The maximum absolute atomic E-state index is 6.13. The highest BCUT2D eigenvalue weighted by atomic mass is 79.9. The molecule has 7 heteroatoms. The zero-order valence-corrected chi connectivity index (χ0v) is 17.9. The van der Waals surface area contributed by atoms with Crippen LogP contribution in [-0.4, -0.2) is 26.1 Å². The molecule has 29 heavy (non-hydrogen) atoms. The van der Waals surface area contributed by atoms with E-state index < -0.39 is 0 Å². The average molecular weight is 451 g/mol. The van der Waals surface area contributed by atoms with Gasteiger partial charge in [0.1, 0.15) is 0 Å². The number of fused-ring (bicyclic) bond motifs is 1. The molecule has 4 rings (SSSR count). The van der Waals surface area contributed by atoms with Gasteiger partial charge in [-0.25, -0.2) is 4.98 Å². The number of benzene rings is 2. The van der Waals surface area contributed by atoms with Crippen molar-refractivity contribution in [2.24, 2.45) is 0 Å². The third-order valence-corrected chi connectivity index (χ3v) is 5.40. The summed E-state index contributed by atoms with van der Waals surface area (Å²) in [6.07, 6.45) is 2.16. The Labute approximate surface area is 178 Å². The number of hydrogen-bond donors (Lipinski definition) is 2. The lowest BCUT2D eigenvalue weighted by molar-refractivity contribution is 0.788. The van der Waals surface area contributed by atoms with E-state index in [0.717, 1.165) is 30.6 Å². The van der Waals surface area contributed by atoms with Crippen molar-refractivity contribution in [1.82, 2.24) is 19.5 Å². The number of aromatic nitrogens is 4. The van der Waals surface area contributed by atoms with Gasteiger partial charge in [0.25, 0.3) is 0 Å². The highest BCUT2D eigenvalue weighted by Gasteiger charge is 2.15. The Balaban J connectivity index is 1.62. The van der Waals surface area contributed by atoms with Gasteiger partial charge in [0.2, 0.25) is 5.95 Å². The molecule has 0 unspecified atom stereocenters. The molecule has 148 valence electrons. The van der Waals surface area contributed by atoms with Crippen LogP contribution in [0.2, 0.25) is 0 Å². The molecule has 0 saturated heterocycles. The molecule has 0 radical (unpaired) electrons. The molecule has 0 fully saturated rings. The summed E-state index contributed by atoms with van der Waals surface area (Å²) in [6.45, 7) is 3.60. The van der Waals surface area contributed by atoms with Crippen molar-refractivity contribution < 1.29 is 0 Å². The largest absolute Gasteiger partial charge is 0.382 e. The Kier molecular flexibility index (Phi) is 5.76. The molecular formula is C22H23BrN6. The van der Waals surface area contributed by atoms with Crippen LogP contribution >= 0.6 is 15.9 Å². The Morgan fingerprint density at radius 3 is 2.41 bits per heavy atom. The second-order valence-electron chi connectivity index (χ2n) is 6.91. The van der Waals surface area contributed by atoms with Crippen molar-refractivity contribution in [3.8, 4) is 11.1 Å². The van der Waals surface area contributed by atoms with Gasteiger partial charge >= 0.3 is 0 Å². The van der Waals surface area contributed by atoms with Crippen molar-refractivity contribution >= 4 is 38.9 Å². The molecule has 0 amide bonds. The van der Waals surface area contributed by atoms with Gasteiger partial charge in [0, 0.05) is 6.54 Å². The predicted octanol–water partition coefficient (Wildman–Crippen LogP) is 5.10. The summed E-state index contributed by atoms with van der Waals surface area (Å²) in [6, 6.07) is 18.9. The molecular weight excluding hydrogens is 428 g/mol. The van der Waals surface area contributed by atoms with Crippen LogP contribution in [-0.2, 0) is 6.54 Å². The second kappa shape index (κ2) is 8.61. The lowest BCUT2D eigenvalue weighted by atomic mass is 10.0. The van der Waals surface area contributed by atoms with E-state index in [1.807, 2.05) is 22.8 Å². The summed E-state index contributed by atoms with van der Waals surface area (Å²) >= 11 is 3.55. The molecule has 3 N–H and O–H groups in total. The average Bonchev–Trinajstić information content (AvgIpc) is 3.05. The molecule has 0 saturated carbocycles. The van der Waals surface area contributed by atoms with Crippen molar-refractivity contribution in [2.75, 3.05) is 17.6 Å². The number of nitrogen functional groups attached to an aromatic ring is 1. The zero-order chi connectivity index (χ0) is 20.2. The highest BCUT2D eigenvalue weighted by Crippen LogP contribution is 2.26. The summed E-state index contributed by atoms with van der Waals surface area (Å²) in [5, 5.41) is 3.25. The third kappa shape index (κ3) is 4.24. The second-order valence-corrected chi connectivity index (χ2v) is 7.62. The number of nitrogens with zero attached hydrogens (tertiary/aromatic N) is 4. The van der Waals surface area contributed by atoms with Gasteiger partial charge in [0.05, 0.1) is 6.54 Å². The van der Waals surface area contributed by atoms with E-state index in [-0.39, 0.29) is 0 Å². The molecule has 0 spiro atoms. The van der Waals surface area contributed by atoms with Gasteiger partial charge in [-0.05, 0) is 39.0 Å². The Morgan fingerprint density at radius 1 is 0.966 bits per heavy atom. The van der Waals surface area contributed by atoms with Crippen LogP contribution in [0.4, 0.5) is 11.8 Å². The minimum atomic E-state index is 0.382. The standard InChI is InChI=1S/C22H23BrN6/c1-2-3-13-25-22-27-19(24)18-20(28-22)29(21(23)26-18)14-15-9-11-17(12-10-15)16-7-5-4-6-8-16/h4-12H,2-3,13-14H2,1H3,(H3,24,25,27,28). The van der Waals surface area contributed by atoms with Crippen molar-refractivity contribution in [2.45, 2.75) is 26.3 Å². The summed E-state index contributed by atoms with van der Waals surface area (Å²) in [5.74, 6) is 0.921. The van der Waals surface area contributed by atoms with Crippen LogP contribution in [0, 0.1) is 0 Å². The number of nitrogens with two attached hydrogens (primary N) is 1. The maximum atomic E-state index is 6.13. The van der Waals surface area contributed by atoms with E-state index in [0.29, 0.717) is 28.6 Å². The first-order chi connectivity index (χ1) is 14.2. The van der Waals surface area contributed by atoms with Gasteiger partial charge in [-0.2, -0.15) is 9.97 Å². The van der Waals surface area contributed by atoms with E-state index in [1.165, 1.54) is 11.1 Å². The molecule has 2 aromatic carbocycles. The van der Waals surface area contributed by atoms with Gasteiger partial charge < -0.3 is 11.1 Å². The molecule has 4 aromatic rings. The highest BCUT2D eigenvalue weighted by molar-refractivity contribution is 9.10.